The van der Waals surface area contributed by atoms with Crippen molar-refractivity contribution < 1.29 is 19.2 Å². The third kappa shape index (κ3) is 4.89. The molecule has 8 heteroatoms. The first-order valence-electron chi connectivity index (χ1n) is 11.7. The van der Waals surface area contributed by atoms with Crippen LogP contribution in [-0.4, -0.2) is 58.7 Å². The minimum Gasteiger partial charge on any atom is -0.330 e. The molecule has 5 amide bonds. The molecule has 8 nitrogen and oxygen atoms in total. The predicted molar refractivity (Wildman–Crippen MR) is 127 cm³/mol. The van der Waals surface area contributed by atoms with Crippen LogP contribution in [0.1, 0.15) is 65.0 Å². The average molecular weight is 457 g/mol. The largest absolute Gasteiger partial charge is 0.330 e. The lowest BCUT2D eigenvalue weighted by atomic mass is 9.93. The number of rotatable bonds is 7. The first kappa shape index (κ1) is 24.7. The zero-order valence-corrected chi connectivity index (χ0v) is 20.6. The molecular weight excluding hydrogens is 420 g/mol. The first-order chi connectivity index (χ1) is 15.4. The van der Waals surface area contributed by atoms with E-state index in [0.717, 1.165) is 30.4 Å². The van der Waals surface area contributed by atoms with Crippen LogP contribution in [0.3, 0.4) is 0 Å². The molecule has 1 aromatic carbocycles. The van der Waals surface area contributed by atoms with E-state index in [0.29, 0.717) is 18.5 Å². The summed E-state index contributed by atoms with van der Waals surface area (Å²) in [5.74, 6) is -0.583. The fourth-order valence-corrected chi connectivity index (χ4v) is 4.64. The Kier molecular flexibility index (Phi) is 6.86. The van der Waals surface area contributed by atoms with E-state index in [1.165, 1.54) is 4.90 Å². The Hall–Kier alpha value is -2.90. The second-order valence-electron chi connectivity index (χ2n) is 10.4. The number of hydrogen-bond donors (Lipinski definition) is 2. The van der Waals surface area contributed by atoms with Crippen molar-refractivity contribution in [2.24, 2.45) is 5.41 Å². The van der Waals surface area contributed by atoms with Gasteiger partial charge in [-0.15, -0.1) is 0 Å². The van der Waals surface area contributed by atoms with Gasteiger partial charge in [-0.1, -0.05) is 46.6 Å². The van der Waals surface area contributed by atoms with E-state index in [4.69, 9.17) is 0 Å². The summed E-state index contributed by atoms with van der Waals surface area (Å²) in [4.78, 5) is 53.5. The molecule has 0 radical (unpaired) electrons. The molecule has 1 saturated heterocycles. The summed E-state index contributed by atoms with van der Waals surface area (Å²) in [6.45, 7) is 9.68. The maximum atomic E-state index is 13.0. The molecule has 2 atom stereocenters. The molecule has 0 saturated carbocycles. The number of hydrogen-bond acceptors (Lipinski definition) is 4. The van der Waals surface area contributed by atoms with Crippen molar-refractivity contribution >= 4 is 29.4 Å². The maximum absolute atomic E-state index is 13.0. The van der Waals surface area contributed by atoms with Gasteiger partial charge in [-0.3, -0.25) is 19.7 Å². The fourth-order valence-electron chi connectivity index (χ4n) is 4.64. The molecule has 2 N–H and O–H groups in total. The third-order valence-electron chi connectivity index (χ3n) is 6.77. The van der Waals surface area contributed by atoms with Crippen molar-refractivity contribution in [2.75, 3.05) is 18.9 Å². The number of benzene rings is 1. The van der Waals surface area contributed by atoms with Gasteiger partial charge in [0.25, 0.3) is 5.91 Å². The van der Waals surface area contributed by atoms with Gasteiger partial charge in [0.05, 0.1) is 0 Å². The molecule has 1 fully saturated rings. The summed E-state index contributed by atoms with van der Waals surface area (Å²) in [5.41, 5.74) is 1.07. The molecule has 3 rings (SSSR count). The highest BCUT2D eigenvalue weighted by molar-refractivity contribution is 6.07. The molecule has 0 aromatic heterocycles. The lowest BCUT2D eigenvalue weighted by Gasteiger charge is -2.34. The van der Waals surface area contributed by atoms with E-state index in [1.54, 1.807) is 18.0 Å². The number of urea groups is 1. The monoisotopic (exact) mass is 456 g/mol. The molecule has 0 bridgehead atoms. The van der Waals surface area contributed by atoms with Crippen LogP contribution in [0.5, 0.6) is 0 Å². The molecule has 1 unspecified atom stereocenters. The second-order valence-corrected chi connectivity index (χ2v) is 10.4. The highest BCUT2D eigenvalue weighted by Gasteiger charge is 2.54. The summed E-state index contributed by atoms with van der Waals surface area (Å²) < 4.78 is 0. The van der Waals surface area contributed by atoms with Crippen molar-refractivity contribution in [3.63, 3.8) is 0 Å². The van der Waals surface area contributed by atoms with Gasteiger partial charge in [-0.2, -0.15) is 0 Å². The molecule has 1 heterocycles. The van der Waals surface area contributed by atoms with Crippen LogP contribution in [-0.2, 0) is 27.2 Å². The van der Waals surface area contributed by atoms with Crippen LogP contribution >= 0.6 is 0 Å². The lowest BCUT2D eigenvalue weighted by molar-refractivity contribution is -0.144. The molecule has 2 aliphatic rings. The van der Waals surface area contributed by atoms with E-state index in [2.05, 4.69) is 17.6 Å². The number of unbranched alkanes of at least 4 members (excludes halogenated alkanes) is 1. The number of fused-ring (bicyclic) bond motifs is 1. The maximum Gasteiger partial charge on any atom is 0.324 e. The van der Waals surface area contributed by atoms with E-state index >= 15 is 0 Å². The number of imide groups is 1. The zero-order chi connectivity index (χ0) is 24.6. The van der Waals surface area contributed by atoms with Gasteiger partial charge in [-0.25, -0.2) is 4.79 Å². The Morgan fingerprint density at radius 1 is 1.21 bits per heavy atom. The molecule has 1 aromatic rings. The molecule has 33 heavy (non-hydrogen) atoms. The van der Waals surface area contributed by atoms with E-state index in [1.807, 2.05) is 39.8 Å². The van der Waals surface area contributed by atoms with Crippen LogP contribution in [0.2, 0.25) is 0 Å². The summed E-state index contributed by atoms with van der Waals surface area (Å²) in [7, 11) is 1.63. The number of nitrogens with one attached hydrogen (secondary N) is 2. The van der Waals surface area contributed by atoms with E-state index < -0.39 is 11.0 Å². The number of anilines is 1. The number of carbonyl (C=O) groups excluding carboxylic acids is 4. The van der Waals surface area contributed by atoms with E-state index in [-0.39, 0.29) is 36.3 Å². The molecule has 180 valence electrons. The highest BCUT2D eigenvalue weighted by Crippen LogP contribution is 2.38. The summed E-state index contributed by atoms with van der Waals surface area (Å²) in [6.07, 6.45) is 3.73. The summed E-state index contributed by atoms with van der Waals surface area (Å²) in [6, 6.07) is 5.15. The van der Waals surface area contributed by atoms with Gasteiger partial charge < -0.3 is 15.1 Å². The van der Waals surface area contributed by atoms with Crippen LogP contribution in [0.4, 0.5) is 10.5 Å². The number of likely N-dealkylation sites (N-methyl/N-ethyl adjacent to an activating group) is 1. The van der Waals surface area contributed by atoms with Crippen LogP contribution in [0, 0.1) is 5.41 Å². The summed E-state index contributed by atoms with van der Waals surface area (Å²) in [5, 5.41) is 5.31. The Morgan fingerprint density at radius 2 is 1.88 bits per heavy atom. The minimum atomic E-state index is -0.896. The van der Waals surface area contributed by atoms with E-state index in [9.17, 15) is 19.2 Å². The van der Waals surface area contributed by atoms with Crippen molar-refractivity contribution in [1.82, 2.24) is 15.1 Å². The smallest absolute Gasteiger partial charge is 0.324 e. The fraction of sp³-hybridized carbons (Fsp3) is 0.600. The van der Waals surface area contributed by atoms with Gasteiger partial charge >= 0.3 is 6.03 Å². The Morgan fingerprint density at radius 3 is 2.45 bits per heavy atom. The minimum absolute atomic E-state index is 0.0122. The molecular formula is C25H36N4O4. The SMILES string of the molecule is CCCCC(C)N(CC(=O)Nc1ccc2c(c1)C[C@@]1(C2)C(=O)NC(=O)N1C)C(=O)C(C)(C)C. The van der Waals surface area contributed by atoms with Gasteiger partial charge in [0.15, 0.2) is 0 Å². The Bertz CT molecular complexity index is 968. The predicted octanol–water partition coefficient (Wildman–Crippen LogP) is 3.10. The average Bonchev–Trinajstić information content (AvgIpc) is 3.22. The number of carbonyl (C=O) groups is 4. The van der Waals surface area contributed by atoms with Crippen molar-refractivity contribution in [3.8, 4) is 0 Å². The van der Waals surface area contributed by atoms with Crippen LogP contribution < -0.4 is 10.6 Å². The van der Waals surface area contributed by atoms with Gasteiger partial charge in [0.1, 0.15) is 12.1 Å². The second kappa shape index (κ2) is 9.15. The lowest BCUT2D eigenvalue weighted by Crippen LogP contribution is -2.48. The standard InChI is InChI=1S/C25H36N4O4/c1-7-8-9-16(2)29(22(32)24(3,4)5)15-20(30)26-19-11-10-17-13-25(14-18(17)12-19)21(31)27-23(33)28(25)6/h10-12,16H,7-9,13-15H2,1-6H3,(H,26,30)(H,27,31,33)/t16?,25-/m0/s1. The highest BCUT2D eigenvalue weighted by atomic mass is 16.2. The molecule has 1 spiro atoms. The van der Waals surface area contributed by atoms with Crippen LogP contribution in [0.25, 0.3) is 0 Å². The number of nitrogens with zero attached hydrogens (tertiary/aromatic N) is 2. The summed E-state index contributed by atoms with van der Waals surface area (Å²) >= 11 is 0. The van der Waals surface area contributed by atoms with Gasteiger partial charge in [0, 0.05) is 37.0 Å². The van der Waals surface area contributed by atoms with Gasteiger partial charge in [-0.05, 0) is 36.6 Å². The Balaban J connectivity index is 1.72. The first-order valence-corrected chi connectivity index (χ1v) is 11.7. The normalized spacial score (nSPS) is 20.6. The van der Waals surface area contributed by atoms with Crippen molar-refractivity contribution in [1.29, 1.82) is 0 Å². The van der Waals surface area contributed by atoms with Crippen LogP contribution in [0.15, 0.2) is 18.2 Å². The quantitative estimate of drug-likeness (QED) is 0.616. The molecule has 1 aliphatic carbocycles. The molecule has 1 aliphatic heterocycles. The van der Waals surface area contributed by atoms with Crippen molar-refractivity contribution in [2.45, 2.75) is 78.3 Å². The van der Waals surface area contributed by atoms with Crippen molar-refractivity contribution in [3.05, 3.63) is 29.3 Å². The third-order valence-corrected chi connectivity index (χ3v) is 6.77. The topological polar surface area (TPSA) is 98.8 Å². The van der Waals surface area contributed by atoms with Gasteiger partial charge in [0.2, 0.25) is 11.8 Å². The zero-order valence-electron chi connectivity index (χ0n) is 20.6. The number of amides is 5. The Labute approximate surface area is 196 Å².